The number of rotatable bonds is 6. The van der Waals surface area contributed by atoms with E-state index in [1.54, 1.807) is 26.0 Å². The number of ether oxygens (including phenoxy) is 1. The second kappa shape index (κ2) is 8.65. The van der Waals surface area contributed by atoms with Gasteiger partial charge in [-0.2, -0.15) is 0 Å². The number of nitro groups is 1. The fourth-order valence-corrected chi connectivity index (χ4v) is 3.51. The van der Waals surface area contributed by atoms with Gasteiger partial charge in [-0.05, 0) is 19.9 Å². The second-order valence-electron chi connectivity index (χ2n) is 5.65. The number of benzene rings is 1. The SMILES string of the molecule is CCOC(=O)[C@@H]1CS[C@H](CC(=O)Nc2ccc(C)c([N+](=O)[O-])c2)C(=O)N1. The van der Waals surface area contributed by atoms with Crippen molar-refractivity contribution < 1.29 is 24.0 Å². The van der Waals surface area contributed by atoms with Crippen LogP contribution in [-0.2, 0) is 19.1 Å². The summed E-state index contributed by atoms with van der Waals surface area (Å²) >= 11 is 1.20. The van der Waals surface area contributed by atoms with Gasteiger partial charge >= 0.3 is 5.97 Å². The van der Waals surface area contributed by atoms with Crippen LogP contribution in [0.25, 0.3) is 0 Å². The lowest BCUT2D eigenvalue weighted by atomic mass is 10.1. The third-order valence-corrected chi connectivity index (χ3v) is 5.01. The van der Waals surface area contributed by atoms with Crippen LogP contribution in [0.2, 0.25) is 0 Å². The van der Waals surface area contributed by atoms with E-state index in [0.717, 1.165) is 0 Å². The number of carbonyl (C=O) groups excluding carboxylic acids is 3. The third-order valence-electron chi connectivity index (χ3n) is 3.70. The summed E-state index contributed by atoms with van der Waals surface area (Å²) in [5.41, 5.74) is 0.683. The molecule has 2 amide bonds. The zero-order valence-electron chi connectivity index (χ0n) is 14.3. The molecule has 140 valence electrons. The number of esters is 1. The van der Waals surface area contributed by atoms with Gasteiger partial charge < -0.3 is 15.4 Å². The number of nitro benzene ring substituents is 1. The van der Waals surface area contributed by atoms with Gasteiger partial charge in [0.25, 0.3) is 5.69 Å². The molecular weight excluding hydrogens is 362 g/mol. The van der Waals surface area contributed by atoms with Crippen molar-refractivity contribution in [3.05, 3.63) is 33.9 Å². The topological polar surface area (TPSA) is 128 Å². The summed E-state index contributed by atoms with van der Waals surface area (Å²) in [6.45, 7) is 3.51. The van der Waals surface area contributed by atoms with Crippen LogP contribution in [0, 0.1) is 17.0 Å². The summed E-state index contributed by atoms with van der Waals surface area (Å²) in [7, 11) is 0. The lowest BCUT2D eigenvalue weighted by molar-refractivity contribution is -0.385. The lowest BCUT2D eigenvalue weighted by Gasteiger charge is -2.27. The Hall–Kier alpha value is -2.62. The molecule has 26 heavy (non-hydrogen) atoms. The number of anilines is 1. The molecule has 0 aromatic heterocycles. The molecule has 0 radical (unpaired) electrons. The van der Waals surface area contributed by atoms with Crippen molar-refractivity contribution in [2.75, 3.05) is 17.7 Å². The van der Waals surface area contributed by atoms with E-state index in [2.05, 4.69) is 10.6 Å². The number of nitrogens with one attached hydrogen (secondary N) is 2. The molecule has 0 saturated carbocycles. The van der Waals surface area contributed by atoms with E-state index in [1.807, 2.05) is 0 Å². The summed E-state index contributed by atoms with van der Waals surface area (Å²) in [4.78, 5) is 46.3. The summed E-state index contributed by atoms with van der Waals surface area (Å²) in [6, 6.07) is 3.66. The summed E-state index contributed by atoms with van der Waals surface area (Å²) in [5.74, 6) is -1.03. The Morgan fingerprint density at radius 2 is 2.19 bits per heavy atom. The monoisotopic (exact) mass is 381 g/mol. The molecule has 1 aliphatic rings. The minimum Gasteiger partial charge on any atom is -0.464 e. The standard InChI is InChI=1S/C16H19N3O6S/c1-3-25-16(22)11-8-26-13(15(21)18-11)7-14(20)17-10-5-4-9(2)12(6-10)19(23)24/h4-6,11,13H,3,7-8H2,1-2H3,(H,17,20)(H,18,21)/t11-,13+/m0/s1. The van der Waals surface area contributed by atoms with Gasteiger partial charge in [0.05, 0.1) is 16.8 Å². The highest BCUT2D eigenvalue weighted by molar-refractivity contribution is 8.00. The Morgan fingerprint density at radius 1 is 1.46 bits per heavy atom. The van der Waals surface area contributed by atoms with Crippen molar-refractivity contribution in [3.8, 4) is 0 Å². The largest absolute Gasteiger partial charge is 0.464 e. The van der Waals surface area contributed by atoms with Crippen molar-refractivity contribution in [1.29, 1.82) is 0 Å². The van der Waals surface area contributed by atoms with Crippen molar-refractivity contribution in [1.82, 2.24) is 5.32 Å². The summed E-state index contributed by atoms with van der Waals surface area (Å²) < 4.78 is 4.86. The molecule has 1 aromatic carbocycles. The number of thioether (sulfide) groups is 1. The van der Waals surface area contributed by atoms with Crippen LogP contribution in [0.5, 0.6) is 0 Å². The maximum atomic E-state index is 12.1. The van der Waals surface area contributed by atoms with Gasteiger partial charge in [-0.1, -0.05) is 6.07 Å². The van der Waals surface area contributed by atoms with Gasteiger partial charge in [-0.15, -0.1) is 11.8 Å². The number of aryl methyl sites for hydroxylation is 1. The van der Waals surface area contributed by atoms with Crippen LogP contribution in [0.3, 0.4) is 0 Å². The first kappa shape index (κ1) is 19.7. The Labute approximate surface area is 154 Å². The van der Waals surface area contributed by atoms with Gasteiger partial charge in [-0.3, -0.25) is 19.7 Å². The van der Waals surface area contributed by atoms with Crippen LogP contribution in [0.15, 0.2) is 18.2 Å². The van der Waals surface area contributed by atoms with Crippen molar-refractivity contribution in [2.24, 2.45) is 0 Å². The van der Waals surface area contributed by atoms with E-state index in [9.17, 15) is 24.5 Å². The fourth-order valence-electron chi connectivity index (χ4n) is 2.38. The van der Waals surface area contributed by atoms with Crippen LogP contribution < -0.4 is 10.6 Å². The van der Waals surface area contributed by atoms with E-state index in [4.69, 9.17) is 4.74 Å². The minimum atomic E-state index is -0.716. The highest BCUT2D eigenvalue weighted by atomic mass is 32.2. The fraction of sp³-hybridized carbons (Fsp3) is 0.438. The third kappa shape index (κ3) is 4.94. The van der Waals surface area contributed by atoms with Crippen molar-refractivity contribution in [2.45, 2.75) is 31.6 Å². The van der Waals surface area contributed by atoms with Gasteiger partial charge in [0, 0.05) is 29.5 Å². The number of nitrogens with zero attached hydrogens (tertiary/aromatic N) is 1. The average molecular weight is 381 g/mol. The molecular formula is C16H19N3O6S. The maximum absolute atomic E-state index is 12.1. The van der Waals surface area contributed by atoms with E-state index in [0.29, 0.717) is 11.3 Å². The molecule has 2 rings (SSSR count). The van der Waals surface area contributed by atoms with Crippen LogP contribution in [-0.4, -0.2) is 46.4 Å². The first-order chi connectivity index (χ1) is 12.3. The molecule has 0 spiro atoms. The van der Waals surface area contributed by atoms with Gasteiger partial charge in [0.15, 0.2) is 0 Å². The molecule has 0 bridgehead atoms. The normalized spacial score (nSPS) is 19.4. The molecule has 1 fully saturated rings. The summed E-state index contributed by atoms with van der Waals surface area (Å²) in [5, 5.41) is 15.4. The lowest BCUT2D eigenvalue weighted by Crippen LogP contribution is -2.51. The average Bonchev–Trinajstić information content (AvgIpc) is 2.58. The molecule has 1 aromatic rings. The molecule has 10 heteroatoms. The van der Waals surface area contributed by atoms with Crippen molar-refractivity contribution >= 4 is 40.9 Å². The smallest absolute Gasteiger partial charge is 0.329 e. The quantitative estimate of drug-likeness (QED) is 0.433. The first-order valence-electron chi connectivity index (χ1n) is 7.95. The zero-order valence-corrected chi connectivity index (χ0v) is 15.1. The van der Waals surface area contributed by atoms with Gasteiger partial charge in [0.1, 0.15) is 6.04 Å². The Morgan fingerprint density at radius 3 is 2.81 bits per heavy atom. The Bertz CT molecular complexity index is 739. The highest BCUT2D eigenvalue weighted by Gasteiger charge is 2.34. The molecule has 9 nitrogen and oxygen atoms in total. The molecule has 1 aliphatic heterocycles. The summed E-state index contributed by atoms with van der Waals surface area (Å²) in [6.07, 6.45) is -0.103. The number of hydrogen-bond donors (Lipinski definition) is 2. The predicted molar refractivity (Wildman–Crippen MR) is 95.9 cm³/mol. The van der Waals surface area contributed by atoms with Crippen molar-refractivity contribution in [3.63, 3.8) is 0 Å². The predicted octanol–water partition coefficient (Wildman–Crippen LogP) is 1.40. The number of amides is 2. The van der Waals surface area contributed by atoms with Crippen LogP contribution in [0.1, 0.15) is 18.9 Å². The van der Waals surface area contributed by atoms with E-state index in [1.165, 1.54) is 17.8 Å². The molecule has 1 heterocycles. The van der Waals surface area contributed by atoms with Crippen LogP contribution >= 0.6 is 11.8 Å². The maximum Gasteiger partial charge on any atom is 0.329 e. The molecule has 0 aliphatic carbocycles. The van der Waals surface area contributed by atoms with E-state index < -0.39 is 34.0 Å². The zero-order chi connectivity index (χ0) is 19.3. The molecule has 1 saturated heterocycles. The first-order valence-corrected chi connectivity index (χ1v) is 9.00. The molecule has 0 unspecified atom stereocenters. The number of carbonyl (C=O) groups is 3. The van der Waals surface area contributed by atoms with E-state index in [-0.39, 0.29) is 24.4 Å². The second-order valence-corrected chi connectivity index (χ2v) is 6.88. The Kier molecular flexibility index (Phi) is 6.56. The van der Waals surface area contributed by atoms with Gasteiger partial charge in [0.2, 0.25) is 11.8 Å². The van der Waals surface area contributed by atoms with E-state index >= 15 is 0 Å². The molecule has 2 N–H and O–H groups in total. The van der Waals surface area contributed by atoms with Crippen LogP contribution in [0.4, 0.5) is 11.4 Å². The van der Waals surface area contributed by atoms with Gasteiger partial charge in [-0.25, -0.2) is 4.79 Å². The minimum absolute atomic E-state index is 0.0927. The molecule has 2 atom stereocenters. The Balaban J connectivity index is 1.93. The number of hydrogen-bond acceptors (Lipinski definition) is 7. The highest BCUT2D eigenvalue weighted by Crippen LogP contribution is 2.24.